The van der Waals surface area contributed by atoms with Gasteiger partial charge < -0.3 is 11.1 Å². The molecule has 1 aromatic rings. The number of nitrogens with one attached hydrogen (secondary N) is 1. The highest BCUT2D eigenvalue weighted by Crippen LogP contribution is 2.40. The molecule has 0 unspecified atom stereocenters. The Morgan fingerprint density at radius 1 is 1.28 bits per heavy atom. The van der Waals surface area contributed by atoms with E-state index >= 15 is 0 Å². The molecule has 0 aliphatic heterocycles. The third-order valence-corrected chi connectivity index (χ3v) is 4.57. The maximum Gasteiger partial charge on any atom is 0.227 e. The molecule has 0 spiro atoms. The van der Waals surface area contributed by atoms with E-state index in [1.165, 1.54) is 11.1 Å². The summed E-state index contributed by atoms with van der Waals surface area (Å²) in [5.74, 6) is 0.175. The molecule has 0 radical (unpaired) electrons. The van der Waals surface area contributed by atoms with Gasteiger partial charge in [0.1, 0.15) is 0 Å². The average Bonchev–Trinajstić information content (AvgIpc) is 2.70. The maximum atomic E-state index is 12.3. The molecule has 1 saturated carbocycles. The van der Waals surface area contributed by atoms with Crippen LogP contribution in [0.5, 0.6) is 0 Å². The zero-order valence-electron chi connectivity index (χ0n) is 10.6. The SMILES string of the molecule is NCC1(C(=O)NC2Cc3ccccc3C2)CCC1. The zero-order valence-corrected chi connectivity index (χ0v) is 10.6. The first-order chi connectivity index (χ1) is 8.73. The average molecular weight is 244 g/mol. The third kappa shape index (κ3) is 1.83. The van der Waals surface area contributed by atoms with Gasteiger partial charge in [0, 0.05) is 12.6 Å². The summed E-state index contributed by atoms with van der Waals surface area (Å²) in [6, 6.07) is 8.71. The Labute approximate surface area is 108 Å². The minimum atomic E-state index is -0.255. The fourth-order valence-electron chi connectivity index (χ4n) is 3.13. The van der Waals surface area contributed by atoms with Crippen LogP contribution in [0.25, 0.3) is 0 Å². The molecule has 3 rings (SSSR count). The second-order valence-corrected chi connectivity index (χ2v) is 5.69. The standard InChI is InChI=1S/C15H20N2O/c16-10-15(6-3-7-15)14(18)17-13-8-11-4-1-2-5-12(11)9-13/h1-2,4-5,13H,3,6-10,16H2,(H,17,18). The van der Waals surface area contributed by atoms with Crippen molar-refractivity contribution in [2.45, 2.75) is 38.1 Å². The van der Waals surface area contributed by atoms with Crippen molar-refractivity contribution in [1.82, 2.24) is 5.32 Å². The van der Waals surface area contributed by atoms with Crippen molar-refractivity contribution in [3.05, 3.63) is 35.4 Å². The van der Waals surface area contributed by atoms with Crippen LogP contribution in [0.15, 0.2) is 24.3 Å². The van der Waals surface area contributed by atoms with Crippen LogP contribution >= 0.6 is 0 Å². The van der Waals surface area contributed by atoms with Crippen LogP contribution in [-0.2, 0) is 17.6 Å². The Kier molecular flexibility index (Phi) is 2.86. The topological polar surface area (TPSA) is 55.1 Å². The van der Waals surface area contributed by atoms with E-state index in [9.17, 15) is 4.79 Å². The predicted molar refractivity (Wildman–Crippen MR) is 71.1 cm³/mol. The van der Waals surface area contributed by atoms with Gasteiger partial charge in [-0.3, -0.25) is 4.79 Å². The van der Waals surface area contributed by atoms with Crippen LogP contribution in [0.3, 0.4) is 0 Å². The zero-order chi connectivity index (χ0) is 12.6. The van der Waals surface area contributed by atoms with Gasteiger partial charge in [0.15, 0.2) is 0 Å². The minimum Gasteiger partial charge on any atom is -0.352 e. The maximum absolute atomic E-state index is 12.3. The number of hydrogen-bond acceptors (Lipinski definition) is 2. The van der Waals surface area contributed by atoms with E-state index in [-0.39, 0.29) is 17.4 Å². The van der Waals surface area contributed by atoms with Gasteiger partial charge in [-0.05, 0) is 36.8 Å². The molecule has 0 bridgehead atoms. The largest absolute Gasteiger partial charge is 0.352 e. The molecule has 3 N–H and O–H groups in total. The van der Waals surface area contributed by atoms with Gasteiger partial charge in [-0.1, -0.05) is 30.7 Å². The van der Waals surface area contributed by atoms with Crippen LogP contribution in [0, 0.1) is 5.41 Å². The predicted octanol–water partition coefficient (Wildman–Crippen LogP) is 1.40. The smallest absolute Gasteiger partial charge is 0.227 e. The van der Waals surface area contributed by atoms with E-state index in [0.717, 1.165) is 32.1 Å². The number of rotatable bonds is 3. The third-order valence-electron chi connectivity index (χ3n) is 4.57. The Balaban J connectivity index is 1.64. The summed E-state index contributed by atoms with van der Waals surface area (Å²) in [5.41, 5.74) is 8.26. The van der Waals surface area contributed by atoms with E-state index in [2.05, 4.69) is 29.6 Å². The quantitative estimate of drug-likeness (QED) is 0.844. The fourth-order valence-corrected chi connectivity index (χ4v) is 3.13. The summed E-state index contributed by atoms with van der Waals surface area (Å²) in [5, 5.41) is 3.20. The number of hydrogen-bond donors (Lipinski definition) is 2. The monoisotopic (exact) mass is 244 g/mol. The van der Waals surface area contributed by atoms with Crippen molar-refractivity contribution in [3.63, 3.8) is 0 Å². The van der Waals surface area contributed by atoms with Gasteiger partial charge in [-0.25, -0.2) is 0 Å². The highest BCUT2D eigenvalue weighted by molar-refractivity contribution is 5.84. The lowest BCUT2D eigenvalue weighted by atomic mass is 9.68. The highest BCUT2D eigenvalue weighted by atomic mass is 16.2. The van der Waals surface area contributed by atoms with Crippen molar-refractivity contribution in [2.75, 3.05) is 6.54 Å². The molecule has 96 valence electrons. The molecule has 3 heteroatoms. The summed E-state index contributed by atoms with van der Waals surface area (Å²) in [4.78, 5) is 12.3. The van der Waals surface area contributed by atoms with E-state index < -0.39 is 0 Å². The molecule has 18 heavy (non-hydrogen) atoms. The van der Waals surface area contributed by atoms with Gasteiger partial charge >= 0.3 is 0 Å². The molecule has 3 nitrogen and oxygen atoms in total. The van der Waals surface area contributed by atoms with Gasteiger partial charge in [0.2, 0.25) is 5.91 Å². The molecule has 2 aliphatic rings. The summed E-state index contributed by atoms with van der Waals surface area (Å²) in [6.45, 7) is 0.485. The molecule has 0 saturated heterocycles. The molecular weight excluding hydrogens is 224 g/mol. The Bertz CT molecular complexity index is 435. The Morgan fingerprint density at radius 2 is 1.89 bits per heavy atom. The van der Waals surface area contributed by atoms with Gasteiger partial charge in [-0.2, -0.15) is 0 Å². The number of fused-ring (bicyclic) bond motifs is 1. The number of carbonyl (C=O) groups is 1. The lowest BCUT2D eigenvalue weighted by molar-refractivity contribution is -0.135. The fraction of sp³-hybridized carbons (Fsp3) is 0.533. The van der Waals surface area contributed by atoms with Crippen LogP contribution in [0.1, 0.15) is 30.4 Å². The first kappa shape index (κ1) is 11.7. The summed E-state index contributed by atoms with van der Waals surface area (Å²) < 4.78 is 0. The Hall–Kier alpha value is -1.35. The highest BCUT2D eigenvalue weighted by Gasteiger charge is 2.43. The number of amides is 1. The summed E-state index contributed by atoms with van der Waals surface area (Å²) in [7, 11) is 0. The van der Waals surface area contributed by atoms with Crippen LogP contribution in [-0.4, -0.2) is 18.5 Å². The normalized spacial score (nSPS) is 21.2. The van der Waals surface area contributed by atoms with Crippen molar-refractivity contribution < 1.29 is 4.79 Å². The van der Waals surface area contributed by atoms with Gasteiger partial charge in [0.05, 0.1) is 5.41 Å². The molecule has 0 aromatic heterocycles. The summed E-state index contributed by atoms with van der Waals surface area (Å²) in [6.07, 6.45) is 4.96. The van der Waals surface area contributed by atoms with Crippen LogP contribution in [0.4, 0.5) is 0 Å². The number of carbonyl (C=O) groups excluding carboxylic acids is 1. The first-order valence-electron chi connectivity index (χ1n) is 6.81. The lowest BCUT2D eigenvalue weighted by Gasteiger charge is -2.39. The molecule has 2 aliphatic carbocycles. The van der Waals surface area contributed by atoms with E-state index in [0.29, 0.717) is 6.54 Å². The number of benzene rings is 1. The lowest BCUT2D eigenvalue weighted by Crippen LogP contribution is -2.53. The van der Waals surface area contributed by atoms with Crippen molar-refractivity contribution in [3.8, 4) is 0 Å². The minimum absolute atomic E-state index is 0.175. The van der Waals surface area contributed by atoms with Crippen molar-refractivity contribution in [1.29, 1.82) is 0 Å². The molecule has 0 atom stereocenters. The van der Waals surface area contributed by atoms with Gasteiger partial charge in [-0.15, -0.1) is 0 Å². The molecule has 0 heterocycles. The van der Waals surface area contributed by atoms with E-state index in [4.69, 9.17) is 5.73 Å². The molecule has 1 amide bonds. The van der Waals surface area contributed by atoms with Crippen LogP contribution in [0.2, 0.25) is 0 Å². The second-order valence-electron chi connectivity index (χ2n) is 5.69. The van der Waals surface area contributed by atoms with Gasteiger partial charge in [0.25, 0.3) is 0 Å². The van der Waals surface area contributed by atoms with E-state index in [1.54, 1.807) is 0 Å². The molecule has 1 fully saturated rings. The molecule has 1 aromatic carbocycles. The van der Waals surface area contributed by atoms with Crippen molar-refractivity contribution in [2.24, 2.45) is 11.1 Å². The molecular formula is C15H20N2O. The van der Waals surface area contributed by atoms with Crippen LogP contribution < -0.4 is 11.1 Å². The Morgan fingerprint density at radius 3 is 2.33 bits per heavy atom. The summed E-state index contributed by atoms with van der Waals surface area (Å²) >= 11 is 0. The number of nitrogens with two attached hydrogens (primary N) is 1. The van der Waals surface area contributed by atoms with Crippen molar-refractivity contribution >= 4 is 5.91 Å². The second kappa shape index (κ2) is 4.39. The first-order valence-corrected chi connectivity index (χ1v) is 6.81. The van der Waals surface area contributed by atoms with E-state index in [1.807, 2.05) is 0 Å².